The summed E-state index contributed by atoms with van der Waals surface area (Å²) in [4.78, 5) is 12.9. The maximum absolute atomic E-state index is 8.92. The van der Waals surface area contributed by atoms with E-state index < -0.39 is 72.5 Å². The zero-order valence-corrected chi connectivity index (χ0v) is 20.7. The number of hydrogen-bond donors (Lipinski definition) is 0. The van der Waals surface area contributed by atoms with E-state index in [9.17, 15) is 0 Å². The Bertz CT molecular complexity index is 2610. The quantitative estimate of drug-likeness (QED) is 0.227. The van der Waals surface area contributed by atoms with E-state index >= 15 is 0 Å². The molecule has 0 bridgehead atoms. The van der Waals surface area contributed by atoms with Crippen LogP contribution in [0, 0.1) is 0 Å². The Morgan fingerprint density at radius 3 is 2.13 bits per heavy atom. The van der Waals surface area contributed by atoms with Gasteiger partial charge in [-0.3, -0.25) is 0 Å². The molecule has 0 aliphatic heterocycles. The van der Waals surface area contributed by atoms with Crippen molar-refractivity contribution in [2.24, 2.45) is 0 Å². The maximum Gasteiger partial charge on any atom is 0.226 e. The molecule has 0 atom stereocenters. The van der Waals surface area contributed by atoms with Crippen LogP contribution in [0.5, 0.6) is 0 Å². The summed E-state index contributed by atoms with van der Waals surface area (Å²) in [5.74, 6) is -0.367. The Labute approximate surface area is 248 Å². The first-order valence-electron chi connectivity index (χ1n) is 17.8. The summed E-state index contributed by atoms with van der Waals surface area (Å²) >= 11 is 6.39. The van der Waals surface area contributed by atoms with E-state index in [1.54, 1.807) is 18.2 Å². The highest BCUT2D eigenvalue weighted by molar-refractivity contribution is 6.28. The number of fused-ring (bicyclic) bond motifs is 2. The van der Waals surface area contributed by atoms with Crippen molar-refractivity contribution in [3.05, 3.63) is 138 Å². The van der Waals surface area contributed by atoms with Crippen molar-refractivity contribution in [2.75, 3.05) is 0 Å². The van der Waals surface area contributed by atoms with Crippen LogP contribution in [0.2, 0.25) is 5.28 Å². The second-order valence-electron chi connectivity index (χ2n) is 8.54. The molecule has 0 aliphatic carbocycles. The third-order valence-corrected chi connectivity index (χ3v) is 6.38. The molecule has 4 heteroatoms. The molecule has 0 unspecified atom stereocenters. The van der Waals surface area contributed by atoms with Crippen LogP contribution in [0.4, 0.5) is 0 Å². The number of nitrogens with zero attached hydrogens (tertiary/aromatic N) is 3. The lowest BCUT2D eigenvalue weighted by atomic mass is 9.90. The molecule has 7 rings (SSSR count). The minimum absolute atomic E-state index is 0.0597. The number of hydrogen-bond acceptors (Lipinski definition) is 3. The predicted octanol–water partition coefficient (Wildman–Crippen LogP) is 9.50. The van der Waals surface area contributed by atoms with Crippen LogP contribution in [-0.4, -0.2) is 15.0 Å². The van der Waals surface area contributed by atoms with Gasteiger partial charge in [-0.15, -0.1) is 0 Å². The highest BCUT2D eigenvalue weighted by Gasteiger charge is 2.15. The van der Waals surface area contributed by atoms with E-state index in [-0.39, 0.29) is 50.0 Å². The molecule has 39 heavy (non-hydrogen) atoms. The Kier molecular flexibility index (Phi) is 3.46. The van der Waals surface area contributed by atoms with Crippen molar-refractivity contribution >= 4 is 33.1 Å². The van der Waals surface area contributed by atoms with E-state index in [1.165, 1.54) is 0 Å². The van der Waals surface area contributed by atoms with Gasteiger partial charge in [0, 0.05) is 11.1 Å². The second-order valence-corrected chi connectivity index (χ2v) is 8.88. The number of rotatable bonds is 4. The van der Waals surface area contributed by atoms with Gasteiger partial charge in [-0.05, 0) is 67.5 Å². The van der Waals surface area contributed by atoms with Crippen LogP contribution in [0.1, 0.15) is 16.4 Å². The van der Waals surface area contributed by atoms with Gasteiger partial charge in [0.25, 0.3) is 0 Å². The number of halogens is 1. The molecule has 6 aromatic carbocycles. The summed E-state index contributed by atoms with van der Waals surface area (Å²) in [5.41, 5.74) is 1.47. The predicted molar refractivity (Wildman–Crippen MR) is 162 cm³/mol. The van der Waals surface area contributed by atoms with Gasteiger partial charge in [-0.25, -0.2) is 4.98 Å². The monoisotopic (exact) mass is 531 g/mol. The zero-order chi connectivity index (χ0) is 36.6. The van der Waals surface area contributed by atoms with Crippen molar-refractivity contribution in [1.29, 1.82) is 0 Å². The lowest BCUT2D eigenvalue weighted by molar-refractivity contribution is 1.07. The Morgan fingerprint density at radius 1 is 0.513 bits per heavy atom. The normalized spacial score (nSPS) is 15.5. The first-order chi connectivity index (χ1) is 24.2. The van der Waals surface area contributed by atoms with Crippen LogP contribution < -0.4 is 0 Å². The molecule has 3 nitrogen and oxygen atoms in total. The van der Waals surface area contributed by atoms with E-state index in [1.807, 2.05) is 42.5 Å². The van der Waals surface area contributed by atoms with Gasteiger partial charge in [-0.2, -0.15) is 9.97 Å². The molecule has 1 heterocycles. The summed E-state index contributed by atoms with van der Waals surface area (Å²) < 4.78 is 102. The Hall–Kier alpha value is -4.86. The lowest BCUT2D eigenvalue weighted by Crippen LogP contribution is -1.98. The minimum Gasteiger partial charge on any atom is -0.208 e. The van der Waals surface area contributed by atoms with Crippen LogP contribution in [0.15, 0.2) is 133 Å². The van der Waals surface area contributed by atoms with Gasteiger partial charge in [0.1, 0.15) is 0 Å². The van der Waals surface area contributed by atoms with Crippen LogP contribution >= 0.6 is 11.6 Å². The number of aromatic nitrogens is 3. The fourth-order valence-corrected chi connectivity index (χ4v) is 4.61. The van der Waals surface area contributed by atoms with Crippen molar-refractivity contribution in [3.63, 3.8) is 0 Å². The molecule has 0 N–H and O–H groups in total. The molecule has 0 spiro atoms. The molecule has 1 aromatic heterocycles. The van der Waals surface area contributed by atoms with Crippen molar-refractivity contribution < 1.29 is 16.4 Å². The fraction of sp³-hybridized carbons (Fsp3) is 0. The van der Waals surface area contributed by atoms with Crippen LogP contribution in [0.3, 0.4) is 0 Å². The molecule has 0 aliphatic rings. The smallest absolute Gasteiger partial charge is 0.208 e. The largest absolute Gasteiger partial charge is 0.226 e. The van der Waals surface area contributed by atoms with Gasteiger partial charge >= 0.3 is 0 Å². The molecule has 184 valence electrons. The highest BCUT2D eigenvalue weighted by atomic mass is 35.5. The maximum atomic E-state index is 8.92. The van der Waals surface area contributed by atoms with Crippen molar-refractivity contribution in [3.8, 4) is 45.0 Å². The summed E-state index contributed by atoms with van der Waals surface area (Å²) in [6, 6.07) is 11.9. The number of benzene rings is 6. The first-order valence-corrected chi connectivity index (χ1v) is 12.2. The van der Waals surface area contributed by atoms with Crippen LogP contribution in [-0.2, 0) is 0 Å². The summed E-state index contributed by atoms with van der Waals surface area (Å²) in [6.45, 7) is 0. The second kappa shape index (κ2) is 9.79. The topological polar surface area (TPSA) is 38.7 Å². The van der Waals surface area contributed by atoms with Gasteiger partial charge in [0.15, 0.2) is 11.6 Å². The summed E-state index contributed by atoms with van der Waals surface area (Å²) in [7, 11) is 0. The van der Waals surface area contributed by atoms with Gasteiger partial charge in [-0.1, -0.05) is 121 Å². The standard InChI is InChI=1S/C35H22ClN3/c36-35-38-33(27-18-17-23-9-4-5-13-26(23)21-27)37-34(39-35)28-19-20-31(32(22-28)25-10-2-1-3-11-25)30-16-8-14-24-12-6-7-15-29(24)30/h1-22H/i1D,2D,3D,4D,5D,9D,10D,11D,13D,17D,18D,21D. The summed E-state index contributed by atoms with van der Waals surface area (Å²) in [5, 5.41) is 0.868. The average molecular weight is 532 g/mol. The molecule has 0 saturated heterocycles. The zero-order valence-electron chi connectivity index (χ0n) is 32.0. The highest BCUT2D eigenvalue weighted by Crippen LogP contribution is 2.38. The van der Waals surface area contributed by atoms with Gasteiger partial charge in [0.2, 0.25) is 5.28 Å². The fourth-order valence-electron chi connectivity index (χ4n) is 4.45. The van der Waals surface area contributed by atoms with E-state index in [4.69, 9.17) is 28.1 Å². The molecule has 0 radical (unpaired) electrons. The molecular weight excluding hydrogens is 498 g/mol. The third-order valence-electron chi connectivity index (χ3n) is 6.21. The van der Waals surface area contributed by atoms with E-state index in [0.717, 1.165) is 16.3 Å². The van der Waals surface area contributed by atoms with Crippen LogP contribution in [0.25, 0.3) is 66.6 Å². The molecule has 0 amide bonds. The first kappa shape index (κ1) is 13.8. The minimum atomic E-state index is -0.607. The van der Waals surface area contributed by atoms with Gasteiger partial charge < -0.3 is 0 Å². The van der Waals surface area contributed by atoms with Crippen molar-refractivity contribution in [1.82, 2.24) is 15.0 Å². The average Bonchev–Trinajstić information content (AvgIpc) is 3.12. The third kappa shape index (κ3) is 4.43. The van der Waals surface area contributed by atoms with E-state index in [2.05, 4.69) is 15.0 Å². The molecular formula is C35H22ClN3. The lowest BCUT2D eigenvalue weighted by Gasteiger charge is -2.15. The molecule has 0 fully saturated rings. The van der Waals surface area contributed by atoms with Crippen molar-refractivity contribution in [2.45, 2.75) is 0 Å². The molecule has 7 aromatic rings. The van der Waals surface area contributed by atoms with E-state index in [0.29, 0.717) is 5.56 Å². The Balaban J connectivity index is 1.51. The van der Waals surface area contributed by atoms with Gasteiger partial charge in [0.05, 0.1) is 16.4 Å². The Morgan fingerprint density at radius 2 is 1.26 bits per heavy atom. The summed E-state index contributed by atoms with van der Waals surface area (Å²) in [6.07, 6.45) is 0. The molecule has 0 saturated carbocycles. The SMILES string of the molecule is [2H]c1c([2H])c([2H])c(-c2cc(-c3nc(Cl)nc(-c4c([2H])c([2H])c5c([2H])c([2H])c([2H])c([2H])c5c4[2H])n3)ccc2-c2cccc3ccccc23)c([2H])c1[2H].